The summed E-state index contributed by atoms with van der Waals surface area (Å²) < 4.78 is 0. The first kappa shape index (κ1) is 12.7. The highest BCUT2D eigenvalue weighted by Gasteiger charge is 2.05. The lowest BCUT2D eigenvalue weighted by Gasteiger charge is -2.02. The Morgan fingerprint density at radius 3 is 2.30 bits per heavy atom. The number of pyridine rings is 1. The smallest absolute Gasteiger partial charge is 0.200 e. The van der Waals surface area contributed by atoms with E-state index in [0.29, 0.717) is 5.82 Å². The number of thioether (sulfide) groups is 1. The Morgan fingerprint density at radius 2 is 1.70 bits per heavy atom. The van der Waals surface area contributed by atoms with E-state index in [1.807, 2.05) is 30.3 Å². The van der Waals surface area contributed by atoms with E-state index in [0.717, 1.165) is 17.0 Å². The van der Waals surface area contributed by atoms with E-state index < -0.39 is 0 Å². The molecule has 1 aromatic carbocycles. The van der Waals surface area contributed by atoms with Crippen LogP contribution < -0.4 is 0 Å². The molecule has 0 N–H and O–H groups in total. The summed E-state index contributed by atoms with van der Waals surface area (Å²) in [6, 6.07) is 13.8. The minimum atomic E-state index is 0.537. The topological polar surface area (TPSA) is 51.6 Å². The van der Waals surface area contributed by atoms with Crippen LogP contribution in [-0.2, 0) is 0 Å². The van der Waals surface area contributed by atoms with Crippen LogP contribution in [0.15, 0.2) is 59.8 Å². The summed E-state index contributed by atoms with van der Waals surface area (Å²) in [7, 11) is 0. The largest absolute Gasteiger partial charge is 0.253 e. The molecule has 20 heavy (non-hydrogen) atoms. The molecule has 5 heteroatoms. The number of nitrogens with zero attached hydrogens (tertiary/aromatic N) is 4. The van der Waals surface area contributed by atoms with E-state index in [-0.39, 0.29) is 0 Å². The van der Waals surface area contributed by atoms with Crippen molar-refractivity contribution < 1.29 is 0 Å². The van der Waals surface area contributed by atoms with Crippen LogP contribution in [0.1, 0.15) is 0 Å². The molecular formula is C15H12N4S. The van der Waals surface area contributed by atoms with Gasteiger partial charge in [0.15, 0.2) is 5.82 Å². The molecule has 2 heterocycles. The van der Waals surface area contributed by atoms with E-state index in [1.165, 1.54) is 4.90 Å². The second-order valence-corrected chi connectivity index (χ2v) is 4.99. The van der Waals surface area contributed by atoms with Gasteiger partial charge in [0.2, 0.25) is 0 Å². The lowest BCUT2D eigenvalue weighted by molar-refractivity contribution is 0.977. The van der Waals surface area contributed by atoms with E-state index in [4.69, 9.17) is 0 Å². The zero-order valence-electron chi connectivity index (χ0n) is 10.9. The molecular weight excluding hydrogens is 268 g/mol. The zero-order valence-corrected chi connectivity index (χ0v) is 11.7. The first-order valence-corrected chi connectivity index (χ1v) is 7.35. The monoisotopic (exact) mass is 280 g/mol. The van der Waals surface area contributed by atoms with E-state index in [2.05, 4.69) is 38.6 Å². The summed E-state index contributed by atoms with van der Waals surface area (Å²) in [4.78, 5) is 9.75. The van der Waals surface area contributed by atoms with Crippen LogP contribution >= 0.6 is 11.8 Å². The summed E-state index contributed by atoms with van der Waals surface area (Å²) in [6.45, 7) is 0. The Labute approximate surface area is 121 Å². The van der Waals surface area contributed by atoms with Gasteiger partial charge < -0.3 is 0 Å². The minimum absolute atomic E-state index is 0.537. The van der Waals surface area contributed by atoms with Gasteiger partial charge in [0.25, 0.3) is 0 Å². The van der Waals surface area contributed by atoms with Crippen molar-refractivity contribution in [3.05, 3.63) is 54.9 Å². The van der Waals surface area contributed by atoms with Gasteiger partial charge in [0, 0.05) is 16.7 Å². The molecule has 3 rings (SSSR count). The van der Waals surface area contributed by atoms with Crippen molar-refractivity contribution >= 4 is 11.8 Å². The third kappa shape index (κ3) is 2.67. The van der Waals surface area contributed by atoms with Gasteiger partial charge in [-0.3, -0.25) is 4.98 Å². The van der Waals surface area contributed by atoms with E-state index in [9.17, 15) is 0 Å². The maximum Gasteiger partial charge on any atom is 0.200 e. The van der Waals surface area contributed by atoms with Gasteiger partial charge in [0.1, 0.15) is 11.4 Å². The average molecular weight is 280 g/mol. The first-order chi connectivity index (χ1) is 9.86. The van der Waals surface area contributed by atoms with Gasteiger partial charge in [-0.1, -0.05) is 18.2 Å². The third-order valence-electron chi connectivity index (χ3n) is 2.84. The summed E-state index contributed by atoms with van der Waals surface area (Å²) in [5.41, 5.74) is 2.50. The fourth-order valence-corrected chi connectivity index (χ4v) is 2.19. The third-order valence-corrected chi connectivity index (χ3v) is 3.58. The van der Waals surface area contributed by atoms with Gasteiger partial charge in [0.05, 0.1) is 6.20 Å². The summed E-state index contributed by atoms with van der Waals surface area (Å²) >= 11 is 1.71. The van der Waals surface area contributed by atoms with Crippen molar-refractivity contribution in [2.75, 3.05) is 6.26 Å². The van der Waals surface area contributed by atoms with Gasteiger partial charge in [-0.25, -0.2) is 4.98 Å². The second kappa shape index (κ2) is 5.79. The molecule has 4 nitrogen and oxygen atoms in total. The number of hydrogen-bond donors (Lipinski definition) is 0. The Bertz CT molecular complexity index is 681. The zero-order chi connectivity index (χ0) is 13.8. The molecule has 0 saturated carbocycles. The van der Waals surface area contributed by atoms with Gasteiger partial charge in [-0.05, 0) is 30.5 Å². The molecule has 0 aliphatic rings. The van der Waals surface area contributed by atoms with Crippen molar-refractivity contribution in [2.45, 2.75) is 4.90 Å². The highest BCUT2D eigenvalue weighted by molar-refractivity contribution is 7.98. The normalized spacial score (nSPS) is 10.4. The predicted octanol–water partition coefficient (Wildman–Crippen LogP) is 3.32. The maximum atomic E-state index is 4.33. The van der Waals surface area contributed by atoms with Crippen LogP contribution in [0.2, 0.25) is 0 Å². The van der Waals surface area contributed by atoms with Gasteiger partial charge >= 0.3 is 0 Å². The fourth-order valence-electron chi connectivity index (χ4n) is 1.78. The second-order valence-electron chi connectivity index (χ2n) is 4.11. The molecule has 98 valence electrons. The minimum Gasteiger partial charge on any atom is -0.253 e. The molecule has 0 spiro atoms. The number of hydrogen-bond acceptors (Lipinski definition) is 5. The molecule has 0 unspecified atom stereocenters. The Hall–Kier alpha value is -2.27. The highest BCUT2D eigenvalue weighted by atomic mass is 32.2. The molecule has 0 atom stereocenters. The lowest BCUT2D eigenvalue weighted by atomic mass is 10.2. The van der Waals surface area contributed by atoms with Crippen LogP contribution in [0.5, 0.6) is 0 Å². The molecule has 0 radical (unpaired) electrons. The maximum absolute atomic E-state index is 4.33. The van der Waals surface area contributed by atoms with Crippen molar-refractivity contribution in [1.82, 2.24) is 20.2 Å². The number of rotatable bonds is 3. The van der Waals surface area contributed by atoms with E-state index >= 15 is 0 Å². The van der Waals surface area contributed by atoms with Crippen molar-refractivity contribution in [2.24, 2.45) is 0 Å². The van der Waals surface area contributed by atoms with Crippen LogP contribution in [-0.4, -0.2) is 26.4 Å². The fraction of sp³-hybridized carbons (Fsp3) is 0.0667. The summed E-state index contributed by atoms with van der Waals surface area (Å²) in [5, 5.41) is 8.36. The molecule has 0 amide bonds. The Kier molecular flexibility index (Phi) is 3.69. The molecule has 0 fully saturated rings. The van der Waals surface area contributed by atoms with Crippen LogP contribution in [0.4, 0.5) is 0 Å². The van der Waals surface area contributed by atoms with Crippen LogP contribution in [0.25, 0.3) is 22.8 Å². The molecule has 0 aliphatic carbocycles. The summed E-state index contributed by atoms with van der Waals surface area (Å²) in [6.07, 6.45) is 5.50. The van der Waals surface area contributed by atoms with Crippen LogP contribution in [0, 0.1) is 0 Å². The molecule has 3 aromatic rings. The Morgan fingerprint density at radius 1 is 0.850 bits per heavy atom. The Balaban J connectivity index is 1.89. The standard InChI is InChI=1S/C15H12N4S/c1-20-12-7-5-11(6-8-12)14-10-17-15(19-18-14)13-4-2-3-9-16-13/h2-10H,1H3. The van der Waals surface area contributed by atoms with Gasteiger partial charge in [-0.2, -0.15) is 0 Å². The van der Waals surface area contributed by atoms with E-state index in [1.54, 1.807) is 24.2 Å². The average Bonchev–Trinajstić information content (AvgIpc) is 2.56. The molecule has 2 aromatic heterocycles. The van der Waals surface area contributed by atoms with Gasteiger partial charge in [-0.15, -0.1) is 22.0 Å². The SMILES string of the molecule is CSc1ccc(-c2cnc(-c3ccccn3)nn2)cc1. The molecule has 0 bridgehead atoms. The first-order valence-electron chi connectivity index (χ1n) is 6.12. The van der Waals surface area contributed by atoms with Crippen molar-refractivity contribution in [1.29, 1.82) is 0 Å². The number of aromatic nitrogens is 4. The quantitative estimate of drug-likeness (QED) is 0.689. The van der Waals surface area contributed by atoms with Crippen molar-refractivity contribution in [3.63, 3.8) is 0 Å². The van der Waals surface area contributed by atoms with Crippen LogP contribution in [0.3, 0.4) is 0 Å². The molecule has 0 aliphatic heterocycles. The number of benzene rings is 1. The van der Waals surface area contributed by atoms with Crippen molar-refractivity contribution in [3.8, 4) is 22.8 Å². The summed E-state index contributed by atoms with van der Waals surface area (Å²) in [5.74, 6) is 0.537. The molecule has 0 saturated heterocycles. The predicted molar refractivity (Wildman–Crippen MR) is 80.3 cm³/mol. The highest BCUT2D eigenvalue weighted by Crippen LogP contribution is 2.21. The lowest BCUT2D eigenvalue weighted by Crippen LogP contribution is -1.95.